The third-order valence-electron chi connectivity index (χ3n) is 4.58. The molecule has 0 aliphatic carbocycles. The summed E-state index contributed by atoms with van der Waals surface area (Å²) in [4.78, 5) is 13.3. The molecule has 124 valence electrons. The largest absolute Gasteiger partial charge is 0.369 e. The Labute approximate surface area is 141 Å². The molecule has 1 aromatic carbocycles. The van der Waals surface area contributed by atoms with Gasteiger partial charge in [-0.05, 0) is 25.1 Å². The maximum atomic E-state index is 5.29. The predicted octanol–water partition coefficient (Wildman–Crippen LogP) is 2.29. The van der Waals surface area contributed by atoms with E-state index in [1.807, 2.05) is 19.2 Å². The lowest BCUT2D eigenvalue weighted by atomic mass is 10.2. The number of anilines is 1. The molecule has 0 unspecified atom stereocenters. The number of nitrogens with zero attached hydrogens (tertiary/aromatic N) is 5. The lowest BCUT2D eigenvalue weighted by Gasteiger charge is -2.36. The molecule has 1 fully saturated rings. The Hall–Kier alpha value is -2.47. The van der Waals surface area contributed by atoms with E-state index in [0.717, 1.165) is 61.5 Å². The molecule has 0 bridgehead atoms. The van der Waals surface area contributed by atoms with Crippen LogP contribution < -0.4 is 4.90 Å². The van der Waals surface area contributed by atoms with Crippen LogP contribution in [0.25, 0.3) is 10.9 Å². The molecule has 0 atom stereocenters. The fourth-order valence-electron chi connectivity index (χ4n) is 3.20. The van der Waals surface area contributed by atoms with Crippen molar-refractivity contribution in [2.45, 2.75) is 13.3 Å². The summed E-state index contributed by atoms with van der Waals surface area (Å²) >= 11 is 0. The molecular weight excluding hydrogens is 302 g/mol. The SMILES string of the molecule is Cc1cc(CCN2CCN(c3ccc4ncncc4c3)CC2)on1. The monoisotopic (exact) mass is 323 g/mol. The van der Waals surface area contributed by atoms with Gasteiger partial charge in [-0.3, -0.25) is 4.90 Å². The summed E-state index contributed by atoms with van der Waals surface area (Å²) in [5.41, 5.74) is 3.20. The smallest absolute Gasteiger partial charge is 0.138 e. The summed E-state index contributed by atoms with van der Waals surface area (Å²) in [6.45, 7) is 7.19. The normalized spacial score (nSPS) is 16.0. The van der Waals surface area contributed by atoms with E-state index < -0.39 is 0 Å². The van der Waals surface area contributed by atoms with E-state index in [-0.39, 0.29) is 0 Å². The Balaban J connectivity index is 1.34. The number of aryl methyl sites for hydroxylation is 1. The second-order valence-electron chi connectivity index (χ2n) is 6.28. The quantitative estimate of drug-likeness (QED) is 0.734. The van der Waals surface area contributed by atoms with Crippen LogP contribution in [-0.4, -0.2) is 52.7 Å². The first-order valence-electron chi connectivity index (χ1n) is 8.37. The van der Waals surface area contributed by atoms with Crippen molar-refractivity contribution in [3.8, 4) is 0 Å². The molecular formula is C18H21N5O. The molecule has 1 saturated heterocycles. The maximum absolute atomic E-state index is 5.29. The summed E-state index contributed by atoms with van der Waals surface area (Å²) in [7, 11) is 0. The molecule has 1 aliphatic rings. The van der Waals surface area contributed by atoms with Crippen LogP contribution in [0, 0.1) is 6.92 Å². The fraction of sp³-hybridized carbons (Fsp3) is 0.389. The van der Waals surface area contributed by atoms with Crippen molar-refractivity contribution >= 4 is 16.6 Å². The van der Waals surface area contributed by atoms with E-state index in [2.05, 4.69) is 43.1 Å². The highest BCUT2D eigenvalue weighted by Crippen LogP contribution is 2.21. The lowest BCUT2D eigenvalue weighted by molar-refractivity contribution is 0.250. The summed E-state index contributed by atoms with van der Waals surface area (Å²) in [6, 6.07) is 8.43. The molecule has 24 heavy (non-hydrogen) atoms. The summed E-state index contributed by atoms with van der Waals surface area (Å²) in [6.07, 6.45) is 4.40. The molecule has 3 aromatic rings. The van der Waals surface area contributed by atoms with Crippen LogP contribution in [-0.2, 0) is 6.42 Å². The summed E-state index contributed by atoms with van der Waals surface area (Å²) in [5.74, 6) is 0.976. The highest BCUT2D eigenvalue weighted by molar-refractivity contribution is 5.81. The van der Waals surface area contributed by atoms with Gasteiger partial charge in [-0.25, -0.2) is 9.97 Å². The Morgan fingerprint density at radius 2 is 2.00 bits per heavy atom. The van der Waals surface area contributed by atoms with Gasteiger partial charge in [0.25, 0.3) is 0 Å². The zero-order valence-electron chi connectivity index (χ0n) is 13.9. The van der Waals surface area contributed by atoms with E-state index >= 15 is 0 Å². The van der Waals surface area contributed by atoms with E-state index in [9.17, 15) is 0 Å². The van der Waals surface area contributed by atoms with E-state index in [1.54, 1.807) is 6.33 Å². The Kier molecular flexibility index (Phi) is 4.13. The minimum atomic E-state index is 0.925. The van der Waals surface area contributed by atoms with Crippen molar-refractivity contribution in [3.63, 3.8) is 0 Å². The molecule has 0 radical (unpaired) electrons. The van der Waals surface area contributed by atoms with Gasteiger partial charge in [0.15, 0.2) is 0 Å². The van der Waals surface area contributed by atoms with Crippen LogP contribution in [0.2, 0.25) is 0 Å². The molecule has 0 spiro atoms. The minimum Gasteiger partial charge on any atom is -0.369 e. The topological polar surface area (TPSA) is 58.3 Å². The van der Waals surface area contributed by atoms with E-state index in [4.69, 9.17) is 4.52 Å². The van der Waals surface area contributed by atoms with Gasteiger partial charge in [-0.2, -0.15) is 0 Å². The van der Waals surface area contributed by atoms with Crippen molar-refractivity contribution in [2.75, 3.05) is 37.6 Å². The van der Waals surface area contributed by atoms with Crippen LogP contribution in [0.1, 0.15) is 11.5 Å². The van der Waals surface area contributed by atoms with Crippen molar-refractivity contribution < 1.29 is 4.52 Å². The van der Waals surface area contributed by atoms with Crippen molar-refractivity contribution in [3.05, 3.63) is 48.2 Å². The highest BCUT2D eigenvalue weighted by Gasteiger charge is 2.17. The van der Waals surface area contributed by atoms with E-state index in [0.29, 0.717) is 0 Å². The Bertz CT molecular complexity index is 823. The van der Waals surface area contributed by atoms with Gasteiger partial charge < -0.3 is 9.42 Å². The van der Waals surface area contributed by atoms with Gasteiger partial charge in [0, 0.05) is 62.5 Å². The number of hydrogen-bond donors (Lipinski definition) is 0. The van der Waals surface area contributed by atoms with Crippen molar-refractivity contribution in [2.24, 2.45) is 0 Å². The average molecular weight is 323 g/mol. The Morgan fingerprint density at radius 3 is 2.79 bits per heavy atom. The minimum absolute atomic E-state index is 0.925. The second-order valence-corrected chi connectivity index (χ2v) is 6.28. The van der Waals surface area contributed by atoms with Crippen LogP contribution in [0.4, 0.5) is 5.69 Å². The molecule has 0 amide bonds. The van der Waals surface area contributed by atoms with Gasteiger partial charge in [0.05, 0.1) is 11.2 Å². The third kappa shape index (κ3) is 3.23. The van der Waals surface area contributed by atoms with Crippen LogP contribution in [0.3, 0.4) is 0 Å². The first-order chi connectivity index (χ1) is 11.8. The Morgan fingerprint density at radius 1 is 1.12 bits per heavy atom. The molecule has 0 N–H and O–H groups in total. The van der Waals surface area contributed by atoms with Gasteiger partial charge in [-0.1, -0.05) is 5.16 Å². The second kappa shape index (κ2) is 6.57. The van der Waals surface area contributed by atoms with Crippen LogP contribution in [0.5, 0.6) is 0 Å². The molecule has 0 saturated carbocycles. The maximum Gasteiger partial charge on any atom is 0.138 e. The summed E-state index contributed by atoms with van der Waals surface area (Å²) in [5, 5.41) is 5.04. The molecule has 1 aliphatic heterocycles. The zero-order chi connectivity index (χ0) is 16.4. The highest BCUT2D eigenvalue weighted by atomic mass is 16.5. The number of piperazine rings is 1. The van der Waals surface area contributed by atoms with Crippen molar-refractivity contribution in [1.82, 2.24) is 20.0 Å². The van der Waals surface area contributed by atoms with Crippen molar-refractivity contribution in [1.29, 1.82) is 0 Å². The molecule has 6 nitrogen and oxygen atoms in total. The van der Waals surface area contributed by atoms with Crippen LogP contribution >= 0.6 is 0 Å². The fourth-order valence-corrected chi connectivity index (χ4v) is 3.20. The molecule has 3 heterocycles. The summed E-state index contributed by atoms with van der Waals surface area (Å²) < 4.78 is 5.29. The van der Waals surface area contributed by atoms with Gasteiger partial charge >= 0.3 is 0 Å². The number of aromatic nitrogens is 3. The molecule has 6 heteroatoms. The first-order valence-corrected chi connectivity index (χ1v) is 8.37. The number of benzene rings is 1. The predicted molar refractivity (Wildman–Crippen MR) is 93.1 cm³/mol. The third-order valence-corrected chi connectivity index (χ3v) is 4.58. The molecule has 2 aromatic heterocycles. The standard InChI is InChI=1S/C18H21N5O/c1-14-10-17(24-21-14)4-5-22-6-8-23(9-7-22)16-2-3-18-15(11-16)12-19-13-20-18/h2-3,10-13H,4-9H2,1H3. The average Bonchev–Trinajstić information content (AvgIpc) is 3.05. The number of fused-ring (bicyclic) bond motifs is 1. The van der Waals surface area contributed by atoms with Crippen LogP contribution in [0.15, 0.2) is 41.3 Å². The lowest BCUT2D eigenvalue weighted by Crippen LogP contribution is -2.46. The van der Waals surface area contributed by atoms with Gasteiger partial charge in [-0.15, -0.1) is 0 Å². The number of hydrogen-bond acceptors (Lipinski definition) is 6. The van der Waals surface area contributed by atoms with Gasteiger partial charge in [0.2, 0.25) is 0 Å². The van der Waals surface area contributed by atoms with Gasteiger partial charge in [0.1, 0.15) is 12.1 Å². The van der Waals surface area contributed by atoms with E-state index in [1.165, 1.54) is 5.69 Å². The zero-order valence-corrected chi connectivity index (χ0v) is 13.9. The number of rotatable bonds is 4. The first kappa shape index (κ1) is 15.1. The molecule has 4 rings (SSSR count).